The fraction of sp³-hybridized carbons (Fsp3) is 0.143. The predicted molar refractivity (Wildman–Crippen MR) is 110 cm³/mol. The van der Waals surface area contributed by atoms with Crippen molar-refractivity contribution in [2.45, 2.75) is 18.9 Å². The summed E-state index contributed by atoms with van der Waals surface area (Å²) in [6.07, 6.45) is -4.72. The van der Waals surface area contributed by atoms with Crippen molar-refractivity contribution in [2.75, 3.05) is 14.7 Å². The normalized spacial score (nSPS) is 21.0. The quantitative estimate of drug-likeness (QED) is 0.513. The van der Waals surface area contributed by atoms with E-state index in [9.17, 15) is 26.3 Å². The molecule has 1 heterocycles. The number of hydrogen-bond acceptors (Lipinski definition) is 6. The van der Waals surface area contributed by atoms with Gasteiger partial charge in [-0.2, -0.15) is 0 Å². The zero-order valence-electron chi connectivity index (χ0n) is 16.8. The Balaban J connectivity index is 1.95. The Bertz CT molecular complexity index is 1040. The zero-order chi connectivity index (χ0) is 24.0. The Morgan fingerprint density at radius 1 is 0.455 bits per heavy atom. The maximum atomic E-state index is 14.7. The molecule has 1 aliphatic heterocycles. The van der Waals surface area contributed by atoms with E-state index in [-0.39, 0.29) is 0 Å². The smallest absolute Gasteiger partial charge is 0.160 e. The third kappa shape index (κ3) is 3.92. The van der Waals surface area contributed by atoms with Gasteiger partial charge < -0.3 is 14.7 Å². The van der Waals surface area contributed by atoms with Crippen LogP contribution in [0.15, 0.2) is 54.6 Å². The standard InChI is InChI=1S/C21H18F6N6/c22-10-1-4-13(25)16(7-10)31-19(28)32(17-8-11(23)2-5-14(17)26)21(30)33(20(31)29)18-9-12(24)3-6-15(18)27/h1-9,19-21H,28-30H2. The van der Waals surface area contributed by atoms with Crippen molar-refractivity contribution in [3.8, 4) is 0 Å². The fourth-order valence-corrected chi connectivity index (χ4v) is 3.78. The van der Waals surface area contributed by atoms with Gasteiger partial charge in [-0.15, -0.1) is 0 Å². The first-order valence-corrected chi connectivity index (χ1v) is 9.57. The molecule has 1 saturated heterocycles. The molecule has 0 atom stereocenters. The molecule has 0 spiro atoms. The minimum absolute atomic E-state index is 0.467. The van der Waals surface area contributed by atoms with Gasteiger partial charge in [-0.3, -0.25) is 17.2 Å². The zero-order valence-corrected chi connectivity index (χ0v) is 16.8. The summed E-state index contributed by atoms with van der Waals surface area (Å²) in [6.45, 7) is 0. The predicted octanol–water partition coefficient (Wildman–Crippen LogP) is 3.08. The summed E-state index contributed by atoms with van der Waals surface area (Å²) in [5.41, 5.74) is 17.3. The van der Waals surface area contributed by atoms with Crippen molar-refractivity contribution in [2.24, 2.45) is 17.2 Å². The second-order valence-corrected chi connectivity index (χ2v) is 7.25. The van der Waals surface area contributed by atoms with E-state index in [0.29, 0.717) is 0 Å². The van der Waals surface area contributed by atoms with Gasteiger partial charge in [-0.05, 0) is 36.4 Å². The number of rotatable bonds is 3. The van der Waals surface area contributed by atoms with Gasteiger partial charge in [-0.25, -0.2) is 26.3 Å². The number of benzene rings is 3. The van der Waals surface area contributed by atoms with Crippen LogP contribution in [0.2, 0.25) is 0 Å². The number of nitrogens with two attached hydrogens (primary N) is 3. The minimum Gasteiger partial charge on any atom is -0.302 e. The first-order valence-electron chi connectivity index (χ1n) is 9.57. The second-order valence-electron chi connectivity index (χ2n) is 7.25. The Hall–Kier alpha value is -3.48. The van der Waals surface area contributed by atoms with E-state index in [1.807, 2.05) is 0 Å². The van der Waals surface area contributed by atoms with Gasteiger partial charge in [0.05, 0.1) is 17.1 Å². The van der Waals surface area contributed by atoms with E-state index in [4.69, 9.17) is 17.2 Å². The highest BCUT2D eigenvalue weighted by Crippen LogP contribution is 2.36. The molecule has 0 saturated carbocycles. The number of halogens is 6. The van der Waals surface area contributed by atoms with Crippen LogP contribution in [-0.4, -0.2) is 18.9 Å². The Kier molecular flexibility index (Phi) is 5.82. The average Bonchev–Trinajstić information content (AvgIpc) is 2.75. The van der Waals surface area contributed by atoms with Crippen molar-refractivity contribution in [1.82, 2.24) is 0 Å². The molecular weight excluding hydrogens is 450 g/mol. The Morgan fingerprint density at radius 2 is 0.697 bits per heavy atom. The monoisotopic (exact) mass is 468 g/mol. The van der Waals surface area contributed by atoms with Gasteiger partial charge in [0.15, 0.2) is 18.9 Å². The van der Waals surface area contributed by atoms with Crippen LogP contribution >= 0.6 is 0 Å². The summed E-state index contributed by atoms with van der Waals surface area (Å²) < 4.78 is 85.9. The number of nitrogens with zero attached hydrogens (tertiary/aromatic N) is 3. The molecule has 0 radical (unpaired) electrons. The third-order valence-corrected chi connectivity index (χ3v) is 5.27. The van der Waals surface area contributed by atoms with Crippen LogP contribution in [0.25, 0.3) is 0 Å². The lowest BCUT2D eigenvalue weighted by Crippen LogP contribution is -2.79. The van der Waals surface area contributed by atoms with E-state index in [1.165, 1.54) is 0 Å². The summed E-state index contributed by atoms with van der Waals surface area (Å²) in [6, 6.07) is 7.26. The Labute approximate surface area is 184 Å². The van der Waals surface area contributed by atoms with Crippen LogP contribution in [0.5, 0.6) is 0 Å². The van der Waals surface area contributed by atoms with Crippen LogP contribution < -0.4 is 31.9 Å². The SMILES string of the molecule is NC1N(c2cc(F)ccc2F)C(N)N(c2cc(F)ccc2F)C(N)N1c1cc(F)ccc1F. The highest BCUT2D eigenvalue weighted by atomic mass is 19.1. The number of anilines is 3. The van der Waals surface area contributed by atoms with Crippen molar-refractivity contribution in [3.05, 3.63) is 89.5 Å². The lowest BCUT2D eigenvalue weighted by atomic mass is 10.2. The van der Waals surface area contributed by atoms with Gasteiger partial charge in [-0.1, -0.05) is 0 Å². The van der Waals surface area contributed by atoms with Crippen LogP contribution in [0, 0.1) is 34.9 Å². The molecule has 0 bridgehead atoms. The molecule has 0 unspecified atom stereocenters. The van der Waals surface area contributed by atoms with Crippen molar-refractivity contribution in [1.29, 1.82) is 0 Å². The Morgan fingerprint density at radius 3 is 0.939 bits per heavy atom. The highest BCUT2D eigenvalue weighted by molar-refractivity contribution is 5.63. The van der Waals surface area contributed by atoms with Gasteiger partial charge in [0.1, 0.15) is 34.9 Å². The van der Waals surface area contributed by atoms with Crippen molar-refractivity contribution in [3.63, 3.8) is 0 Å². The first kappa shape index (κ1) is 22.7. The molecule has 1 aliphatic rings. The van der Waals surface area contributed by atoms with Crippen molar-refractivity contribution >= 4 is 17.1 Å². The molecule has 3 aromatic rings. The van der Waals surface area contributed by atoms with Crippen molar-refractivity contribution < 1.29 is 26.3 Å². The maximum Gasteiger partial charge on any atom is 0.160 e. The molecule has 0 aliphatic carbocycles. The molecule has 6 nitrogen and oxygen atoms in total. The van der Waals surface area contributed by atoms with E-state index >= 15 is 0 Å². The lowest BCUT2D eigenvalue weighted by molar-refractivity contribution is 0.343. The van der Waals surface area contributed by atoms with Crippen LogP contribution in [0.4, 0.5) is 43.4 Å². The second kappa shape index (κ2) is 8.46. The molecule has 12 heteroatoms. The minimum atomic E-state index is -1.57. The summed E-state index contributed by atoms with van der Waals surface area (Å²) in [4.78, 5) is 2.66. The van der Waals surface area contributed by atoms with E-state index < -0.39 is 70.8 Å². The van der Waals surface area contributed by atoms with E-state index in [1.54, 1.807) is 0 Å². The molecule has 174 valence electrons. The first-order chi connectivity index (χ1) is 15.6. The maximum absolute atomic E-state index is 14.7. The highest BCUT2D eigenvalue weighted by Gasteiger charge is 2.45. The van der Waals surface area contributed by atoms with Gasteiger partial charge in [0.25, 0.3) is 0 Å². The molecule has 33 heavy (non-hydrogen) atoms. The van der Waals surface area contributed by atoms with Gasteiger partial charge in [0, 0.05) is 18.2 Å². The molecule has 0 amide bonds. The van der Waals surface area contributed by atoms with Crippen LogP contribution in [0.1, 0.15) is 0 Å². The van der Waals surface area contributed by atoms with E-state index in [0.717, 1.165) is 69.3 Å². The summed E-state index contributed by atoms with van der Waals surface area (Å²) in [7, 11) is 0. The molecule has 6 N–H and O–H groups in total. The van der Waals surface area contributed by atoms with Gasteiger partial charge in [0.2, 0.25) is 0 Å². The molecule has 4 rings (SSSR count). The molecule has 3 aromatic carbocycles. The van der Waals surface area contributed by atoms with E-state index in [2.05, 4.69) is 0 Å². The topological polar surface area (TPSA) is 87.8 Å². The largest absolute Gasteiger partial charge is 0.302 e. The average molecular weight is 468 g/mol. The summed E-state index contributed by atoms with van der Waals surface area (Å²) in [5, 5.41) is 0. The molecule has 1 fully saturated rings. The summed E-state index contributed by atoms with van der Waals surface area (Å²) in [5.74, 6) is -5.45. The fourth-order valence-electron chi connectivity index (χ4n) is 3.78. The summed E-state index contributed by atoms with van der Waals surface area (Å²) >= 11 is 0. The van der Waals surface area contributed by atoms with Crippen LogP contribution in [0.3, 0.4) is 0 Å². The third-order valence-electron chi connectivity index (χ3n) is 5.27. The van der Waals surface area contributed by atoms with Crippen LogP contribution in [-0.2, 0) is 0 Å². The number of hydrogen-bond donors (Lipinski definition) is 3. The van der Waals surface area contributed by atoms with Gasteiger partial charge >= 0.3 is 0 Å². The lowest BCUT2D eigenvalue weighted by Gasteiger charge is -2.56. The molecular formula is C21H18F6N6. The molecule has 0 aromatic heterocycles.